The van der Waals surface area contributed by atoms with Gasteiger partial charge in [-0.2, -0.15) is 5.26 Å². The lowest BCUT2D eigenvalue weighted by molar-refractivity contribution is 0.311. The zero-order chi connectivity index (χ0) is 19.1. The van der Waals surface area contributed by atoms with E-state index in [0.717, 1.165) is 29.7 Å². The highest BCUT2D eigenvalue weighted by atomic mass is 15.5. The fraction of sp³-hybridized carbons (Fsp3) is 0.455. The molecule has 1 saturated carbocycles. The Hall–Kier alpha value is -2.38. The van der Waals surface area contributed by atoms with Crippen molar-refractivity contribution >= 4 is 11.8 Å². The molecule has 0 amide bonds. The second-order valence-corrected chi connectivity index (χ2v) is 6.69. The first-order chi connectivity index (χ1) is 12.6. The van der Waals surface area contributed by atoms with Crippen molar-refractivity contribution in [3.8, 4) is 6.07 Å². The average molecular weight is 351 g/mol. The molecular weight excluding hydrogens is 320 g/mol. The lowest BCUT2D eigenvalue weighted by Crippen LogP contribution is -2.37. The number of hydrogen-bond acceptors (Lipinski definition) is 4. The van der Waals surface area contributed by atoms with E-state index in [-0.39, 0.29) is 0 Å². The Morgan fingerprint density at radius 1 is 1.15 bits per heavy atom. The maximum absolute atomic E-state index is 9.23. The van der Waals surface area contributed by atoms with Crippen molar-refractivity contribution in [1.29, 1.82) is 5.26 Å². The predicted molar refractivity (Wildman–Crippen MR) is 109 cm³/mol. The predicted octanol–water partition coefficient (Wildman–Crippen LogP) is 5.33. The monoisotopic (exact) mass is 350 g/mol. The number of hydrogen-bond donors (Lipinski definition) is 1. The Morgan fingerprint density at radius 2 is 1.77 bits per heavy atom. The molecule has 1 fully saturated rings. The number of aryl methyl sites for hydroxylation is 1. The van der Waals surface area contributed by atoms with Crippen molar-refractivity contribution in [2.24, 2.45) is 16.8 Å². The summed E-state index contributed by atoms with van der Waals surface area (Å²) in [4.78, 5) is 4.48. The molecule has 0 unspecified atom stereocenters. The molecule has 0 atom stereocenters. The molecule has 0 bridgehead atoms. The van der Waals surface area contributed by atoms with Crippen LogP contribution in [-0.4, -0.2) is 11.2 Å². The lowest BCUT2D eigenvalue weighted by Gasteiger charge is -2.35. The van der Waals surface area contributed by atoms with E-state index in [0.29, 0.717) is 17.3 Å². The first-order valence-electron chi connectivity index (χ1n) is 9.63. The van der Waals surface area contributed by atoms with Gasteiger partial charge in [0, 0.05) is 23.4 Å². The van der Waals surface area contributed by atoms with Gasteiger partial charge >= 0.3 is 0 Å². The van der Waals surface area contributed by atoms with E-state index in [1.807, 2.05) is 20.1 Å². The third-order valence-corrected chi connectivity index (χ3v) is 4.94. The van der Waals surface area contributed by atoms with Gasteiger partial charge < -0.3 is 0 Å². The highest BCUT2D eigenvalue weighted by Crippen LogP contribution is 2.38. The van der Waals surface area contributed by atoms with Gasteiger partial charge in [-0.1, -0.05) is 62.9 Å². The van der Waals surface area contributed by atoms with E-state index >= 15 is 0 Å². The van der Waals surface area contributed by atoms with Crippen molar-refractivity contribution in [3.63, 3.8) is 0 Å². The van der Waals surface area contributed by atoms with Crippen molar-refractivity contribution in [2.75, 3.05) is 0 Å². The van der Waals surface area contributed by atoms with Gasteiger partial charge in [0.15, 0.2) is 5.82 Å². The third-order valence-electron chi connectivity index (χ3n) is 4.94. The molecule has 26 heavy (non-hydrogen) atoms. The summed E-state index contributed by atoms with van der Waals surface area (Å²) in [6.07, 6.45) is 7.93. The van der Waals surface area contributed by atoms with Crippen LogP contribution < -0.4 is 5.84 Å². The van der Waals surface area contributed by atoms with Crippen LogP contribution in [-0.2, 0) is 0 Å². The zero-order valence-electron chi connectivity index (χ0n) is 16.4. The third kappa shape index (κ3) is 4.23. The Balaban J connectivity index is 0.00000117. The highest BCUT2D eigenvalue weighted by molar-refractivity contribution is 6.12. The Kier molecular flexibility index (Phi) is 7.17. The molecule has 0 aromatic heterocycles. The number of hydrazine groups is 1. The fourth-order valence-electron chi connectivity index (χ4n) is 3.57. The number of nitriles is 1. The van der Waals surface area contributed by atoms with Crippen LogP contribution in [0.5, 0.6) is 0 Å². The van der Waals surface area contributed by atoms with Gasteiger partial charge in [0.25, 0.3) is 0 Å². The van der Waals surface area contributed by atoms with Crippen LogP contribution in [0.25, 0.3) is 5.57 Å². The maximum Gasteiger partial charge on any atom is 0.160 e. The molecule has 4 heteroatoms. The Morgan fingerprint density at radius 3 is 2.35 bits per heavy atom. The van der Waals surface area contributed by atoms with Crippen LogP contribution in [0.4, 0.5) is 0 Å². The molecule has 2 N–H and O–H groups in total. The molecule has 2 aliphatic rings. The van der Waals surface area contributed by atoms with Crippen molar-refractivity contribution in [2.45, 2.75) is 59.8 Å². The van der Waals surface area contributed by atoms with E-state index in [9.17, 15) is 5.26 Å². The summed E-state index contributed by atoms with van der Waals surface area (Å²) >= 11 is 0. The number of allylic oxidation sites excluding steroid dienone is 3. The zero-order valence-corrected chi connectivity index (χ0v) is 16.4. The summed E-state index contributed by atoms with van der Waals surface area (Å²) in [5.74, 6) is 7.43. The van der Waals surface area contributed by atoms with Crippen LogP contribution in [0.3, 0.4) is 0 Å². The van der Waals surface area contributed by atoms with Crippen LogP contribution in [0.2, 0.25) is 0 Å². The van der Waals surface area contributed by atoms with Crippen molar-refractivity contribution in [1.82, 2.24) is 5.01 Å². The molecular formula is C22H30N4. The van der Waals surface area contributed by atoms with Crippen LogP contribution >= 0.6 is 0 Å². The highest BCUT2D eigenvalue weighted by Gasteiger charge is 2.29. The molecule has 0 saturated heterocycles. The first kappa shape index (κ1) is 19.9. The number of rotatable bonds is 2. The number of aliphatic imine (C=N–C) groups is 1. The number of benzene rings is 1. The summed E-state index contributed by atoms with van der Waals surface area (Å²) in [6, 6.07) is 10.6. The average Bonchev–Trinajstić information content (AvgIpc) is 2.70. The summed E-state index contributed by atoms with van der Waals surface area (Å²) in [7, 11) is 0. The summed E-state index contributed by atoms with van der Waals surface area (Å²) in [5.41, 5.74) is 5.10. The second-order valence-electron chi connectivity index (χ2n) is 6.69. The van der Waals surface area contributed by atoms with Gasteiger partial charge in [0.1, 0.15) is 0 Å². The molecule has 0 spiro atoms. The summed E-state index contributed by atoms with van der Waals surface area (Å²) in [5, 5.41) is 10.9. The normalized spacial score (nSPS) is 19.6. The molecule has 4 nitrogen and oxygen atoms in total. The minimum atomic E-state index is 0.424. The number of nitrogens with two attached hydrogens (primary N) is 1. The van der Waals surface area contributed by atoms with E-state index in [2.05, 4.69) is 42.3 Å². The summed E-state index contributed by atoms with van der Waals surface area (Å²) in [6.45, 7) is 7.85. The van der Waals surface area contributed by atoms with Gasteiger partial charge in [-0.15, -0.1) is 0 Å². The van der Waals surface area contributed by atoms with Crippen LogP contribution in [0, 0.1) is 24.2 Å². The van der Waals surface area contributed by atoms with Crippen molar-refractivity contribution < 1.29 is 0 Å². The van der Waals surface area contributed by atoms with Crippen LogP contribution in [0.1, 0.15) is 64.0 Å². The smallest absolute Gasteiger partial charge is 0.160 e. The molecule has 3 rings (SSSR count). The largest absolute Gasteiger partial charge is 0.265 e. The topological polar surface area (TPSA) is 65.4 Å². The Labute approximate surface area is 157 Å². The van der Waals surface area contributed by atoms with Crippen molar-refractivity contribution in [3.05, 3.63) is 52.5 Å². The molecule has 1 aromatic rings. The minimum Gasteiger partial charge on any atom is -0.265 e. The molecule has 138 valence electrons. The van der Waals surface area contributed by atoms with E-state index in [4.69, 9.17) is 5.84 Å². The molecule has 1 aliphatic carbocycles. The lowest BCUT2D eigenvalue weighted by atomic mass is 9.83. The van der Waals surface area contributed by atoms with Crippen LogP contribution in [0.15, 0.2) is 46.3 Å². The Bertz CT molecular complexity index is 741. The first-order valence-corrected chi connectivity index (χ1v) is 9.63. The van der Waals surface area contributed by atoms with E-state index in [1.165, 1.54) is 24.8 Å². The fourth-order valence-corrected chi connectivity index (χ4v) is 3.57. The molecule has 1 aliphatic heterocycles. The van der Waals surface area contributed by atoms with E-state index in [1.54, 1.807) is 11.9 Å². The van der Waals surface area contributed by atoms with Gasteiger partial charge in [0.2, 0.25) is 0 Å². The SMILES string of the molecule is C/C(C#N)=C1/N=CC(c2ccc(C)cc2)=C(C2CCCCC2)N1N.CC. The summed E-state index contributed by atoms with van der Waals surface area (Å²) < 4.78 is 0. The second kappa shape index (κ2) is 9.35. The minimum absolute atomic E-state index is 0.424. The standard InChI is InChI=1S/C20H24N4.C2H6/c1-14-8-10-16(11-9-14)18-13-23-20(15(2)12-21)24(22)19(18)17-6-4-3-5-7-17;1-2/h8-11,13,17H,3-7,22H2,1-2H3;1-2H3/b20-15+;. The van der Waals surface area contributed by atoms with Gasteiger partial charge in [-0.05, 0) is 32.3 Å². The number of nitrogens with zero attached hydrogens (tertiary/aromatic N) is 3. The molecule has 1 heterocycles. The van der Waals surface area contributed by atoms with E-state index < -0.39 is 0 Å². The van der Waals surface area contributed by atoms with Gasteiger partial charge in [0.05, 0.1) is 11.6 Å². The van der Waals surface area contributed by atoms with Gasteiger partial charge in [-0.3, -0.25) is 5.01 Å². The molecule has 1 aromatic carbocycles. The van der Waals surface area contributed by atoms with Gasteiger partial charge in [-0.25, -0.2) is 10.8 Å². The maximum atomic E-state index is 9.23. The quantitative estimate of drug-likeness (QED) is 0.579. The molecule has 0 radical (unpaired) electrons.